The van der Waals surface area contributed by atoms with Crippen molar-refractivity contribution in [3.63, 3.8) is 0 Å². The van der Waals surface area contributed by atoms with Crippen molar-refractivity contribution in [3.8, 4) is 0 Å². The van der Waals surface area contributed by atoms with Gasteiger partial charge in [-0.2, -0.15) is 0 Å². The van der Waals surface area contributed by atoms with Crippen molar-refractivity contribution in [2.45, 2.75) is 496 Å². The van der Waals surface area contributed by atoms with Crippen molar-refractivity contribution in [3.05, 3.63) is 0 Å². The zero-order valence-electron chi connectivity index (χ0n) is 105. The number of rotatable bonds is 15. The number of carbonyl (C=O) groups is 1. The lowest BCUT2D eigenvalue weighted by Crippen LogP contribution is -2.54. The molecule has 0 radical (unpaired) electrons. The summed E-state index contributed by atoms with van der Waals surface area (Å²) in [6.45, 7) is 142. The molecule has 0 aliphatic carbocycles. The number of ether oxygens (including phenoxy) is 1. The third-order valence-corrected chi connectivity index (χ3v) is 38.1. The number of carbonyl (C=O) groups excluding carboxylic acids is 1. The Kier molecular flexibility index (Phi) is 49.1. The zero-order valence-corrected chi connectivity index (χ0v) is 105. The first kappa shape index (κ1) is 129. The third kappa shape index (κ3) is 46.5. The lowest BCUT2D eigenvalue weighted by molar-refractivity contribution is -0.134. The van der Waals surface area contributed by atoms with Gasteiger partial charge in [-0.05, 0) is 555 Å². The van der Waals surface area contributed by atoms with Gasteiger partial charge < -0.3 is 34.1 Å². The van der Waals surface area contributed by atoms with E-state index < -0.39 is 0 Å². The summed E-state index contributed by atoms with van der Waals surface area (Å²) in [7, 11) is 0. The lowest BCUT2D eigenvalue weighted by atomic mass is 9.70. The van der Waals surface area contributed by atoms with Gasteiger partial charge in [0, 0.05) is 123 Å². The average Bonchev–Trinajstić information content (AvgIpc) is 1.42. The van der Waals surface area contributed by atoms with Gasteiger partial charge in [0.15, 0.2) is 0 Å². The zero-order chi connectivity index (χ0) is 107. The number of hydrogen-bond donors (Lipinski definition) is 0. The smallest absolute Gasteiger partial charge is 0.224 e. The maximum absolute atomic E-state index is 12.2. The molecule has 1 unspecified atom stereocenters. The Morgan fingerprint density at radius 2 is 0.455 bits per heavy atom. The second kappa shape index (κ2) is 54.5. The van der Waals surface area contributed by atoms with Crippen LogP contribution in [0.1, 0.15) is 451 Å². The van der Waals surface area contributed by atoms with Gasteiger partial charge in [-0.25, -0.2) is 0 Å². The summed E-state index contributed by atoms with van der Waals surface area (Å²) in [5.41, 5.74) is 6.86. The number of amides is 1. The van der Waals surface area contributed by atoms with Crippen LogP contribution >= 0.6 is 0 Å². The van der Waals surface area contributed by atoms with Crippen molar-refractivity contribution in [1.29, 1.82) is 0 Å². The van der Waals surface area contributed by atoms with E-state index in [0.29, 0.717) is 95.1 Å². The maximum Gasteiger partial charge on any atom is 0.224 e. The Morgan fingerprint density at radius 1 is 0.231 bits per heavy atom. The molecular weight excluding hydrogens is 1750 g/mol. The molecule has 16 heteroatoms. The molecule has 13 fully saturated rings. The van der Waals surface area contributed by atoms with E-state index in [0.717, 1.165) is 93.0 Å². The van der Waals surface area contributed by atoms with Crippen LogP contribution in [0.15, 0.2) is 0 Å². The molecule has 0 saturated carbocycles. The van der Waals surface area contributed by atoms with Crippen LogP contribution in [0, 0.1) is 90.7 Å². The first-order chi connectivity index (χ1) is 65.5. The lowest BCUT2D eigenvalue weighted by Gasteiger charge is -2.51. The molecule has 1 amide bonds. The van der Waals surface area contributed by atoms with Crippen molar-refractivity contribution >= 4 is 5.91 Å². The monoisotopic (exact) mass is 2010 g/mol. The van der Waals surface area contributed by atoms with Crippen molar-refractivity contribution in [2.24, 2.45) is 90.7 Å². The highest BCUT2D eigenvalue weighted by atomic mass is 16.5. The molecule has 2 atom stereocenters. The fraction of sp³-hybridized carbons (Fsp3) is 0.992. The molecule has 13 aliphatic rings. The summed E-state index contributed by atoms with van der Waals surface area (Å²) in [5.74, 6) is 7.63. The van der Waals surface area contributed by atoms with E-state index in [1.165, 1.54) is 331 Å². The van der Waals surface area contributed by atoms with Gasteiger partial charge in [-0.1, -0.05) is 125 Å². The highest BCUT2D eigenvalue weighted by Crippen LogP contribution is 2.47. The number of likely N-dealkylation sites (tertiary alicyclic amines) is 12. The number of nitrogens with zero attached hydrogens (tertiary/aromatic N) is 14. The maximum atomic E-state index is 12.2. The van der Waals surface area contributed by atoms with E-state index in [4.69, 9.17) is 4.74 Å². The molecule has 13 saturated heterocycles. The molecule has 143 heavy (non-hydrogen) atoms. The predicted octanol–water partition coefficient (Wildman–Crippen LogP) is 27.2. The molecule has 0 bridgehead atoms. The molecule has 13 rings (SSSR count). The summed E-state index contributed by atoms with van der Waals surface area (Å²) in [4.78, 5) is 49.0. The van der Waals surface area contributed by atoms with Crippen LogP contribution in [-0.2, 0) is 9.53 Å². The second-order valence-corrected chi connectivity index (χ2v) is 64.4. The summed E-state index contributed by atoms with van der Waals surface area (Å²) in [5, 5.41) is 0. The predicted molar refractivity (Wildman–Crippen MR) is 625 cm³/mol. The average molecular weight is 2010 g/mol. The highest BCUT2D eigenvalue weighted by Gasteiger charge is 2.46. The Hall–Kier alpha value is -1.09. The molecular formula is C127H254N14O2. The van der Waals surface area contributed by atoms with E-state index >= 15 is 0 Å². The minimum Gasteiger partial charge on any atom is -0.381 e. The first-order valence-corrected chi connectivity index (χ1v) is 60.9. The van der Waals surface area contributed by atoms with Crippen molar-refractivity contribution in [2.75, 3.05) is 229 Å². The summed E-state index contributed by atoms with van der Waals surface area (Å²) >= 11 is 0. The van der Waals surface area contributed by atoms with Crippen LogP contribution in [-0.4, -0.2) is 348 Å². The van der Waals surface area contributed by atoms with Gasteiger partial charge >= 0.3 is 0 Å². The van der Waals surface area contributed by atoms with Gasteiger partial charge in [-0.3, -0.25) is 44.0 Å². The van der Waals surface area contributed by atoms with E-state index in [1.54, 1.807) is 0 Å². The molecule has 13 aliphatic heterocycles. The fourth-order valence-corrected chi connectivity index (χ4v) is 26.7. The molecule has 13 heterocycles. The minimum absolute atomic E-state index is 0.200. The Labute approximate surface area is 894 Å². The number of hydrogen-bond acceptors (Lipinski definition) is 15. The van der Waals surface area contributed by atoms with Crippen LogP contribution in [0.2, 0.25) is 0 Å². The minimum atomic E-state index is 0.200. The Bertz CT molecular complexity index is 3210. The fourth-order valence-electron chi connectivity index (χ4n) is 26.7. The molecule has 844 valence electrons. The first-order valence-electron chi connectivity index (χ1n) is 60.9. The second-order valence-electron chi connectivity index (χ2n) is 64.4. The standard InChI is InChI=1S/2C19H38N2.C18H36N2O2.3C18H36N2.C17H34N2/c2*1-18(2,3)17-9-11-20(12-10-17)15-16-7-13-21(14-8-16)19(4,5)6;1-17(2,3)9-7-14-22-15-8-16(21)19-10-12-20(13-11-19)18(4,5)6;1-16(2,3)15-19-11-7-18(8-12-19)9-13-20(14-10-18)17(4,5)6;2*1-17(2,3)16-8-10-19(11-9-16)13-15-7-12-20(14-15)18(4,5)6;1-15(2,3)18-11-7-17(8-12-18)9-13-19(14-10-17)16(4,5)6/h2*16-17H,7-15H2,1-6H3;7-15H2,1-6H3;7-15H2,1-6H3;2*15-16H,7-14H2,1-6H3;7-14H2,1-6H3/t;;;;15-;;/m....0../s1. The molecule has 0 aromatic heterocycles. The van der Waals surface area contributed by atoms with E-state index in [2.05, 4.69) is 354 Å². The summed E-state index contributed by atoms with van der Waals surface area (Å²) in [6.07, 6.45) is 33.8. The normalized spacial score (nSPS) is 25.3. The van der Waals surface area contributed by atoms with E-state index in [1.807, 2.05) is 4.90 Å². The molecule has 0 aromatic rings. The summed E-state index contributed by atoms with van der Waals surface area (Å²) < 4.78 is 5.61. The quantitative estimate of drug-likeness (QED) is 0.146. The Morgan fingerprint density at radius 3 is 0.685 bits per heavy atom. The third-order valence-electron chi connectivity index (χ3n) is 38.1. The van der Waals surface area contributed by atoms with Gasteiger partial charge in [0.2, 0.25) is 5.91 Å². The van der Waals surface area contributed by atoms with Crippen LogP contribution in [0.5, 0.6) is 0 Å². The van der Waals surface area contributed by atoms with Gasteiger partial charge in [0.05, 0.1) is 13.0 Å². The SMILES string of the molecule is CC(C)(C)C1CCN(CC2CCN(C(C)(C)C)C2)CC1.CC(C)(C)C1CCN(CC2CCN(C(C)(C)C)CC2)CC1.CC(C)(C)C1CCN(CC2CCN(C(C)(C)C)CC2)CC1.CC(C)(C)C1CCN(C[C@@H]2CCN(C(C)(C)C)C2)CC1.CC(C)(C)CCCOCCC(=O)N1CCN(C(C)(C)C)CC1.CC(C)(C)CN1CCC2(CC1)CCN(C(C)(C)C)CC2.CC(C)(C)N1CCC2(CC1)CCN(C(C)(C)C)CC2. The van der Waals surface area contributed by atoms with E-state index in [9.17, 15) is 4.79 Å². The van der Waals surface area contributed by atoms with Gasteiger partial charge in [0.25, 0.3) is 0 Å². The topological polar surface area (TPSA) is 71.7 Å². The number of piperazine rings is 1. The van der Waals surface area contributed by atoms with Crippen molar-refractivity contribution < 1.29 is 9.53 Å². The largest absolute Gasteiger partial charge is 0.381 e. The number of piperidine rings is 10. The van der Waals surface area contributed by atoms with Crippen molar-refractivity contribution in [1.82, 2.24) is 68.6 Å². The van der Waals surface area contributed by atoms with Gasteiger partial charge in [-0.15, -0.1) is 0 Å². The van der Waals surface area contributed by atoms with E-state index in [-0.39, 0.29) is 11.4 Å². The Balaban J connectivity index is 0.000000226. The van der Waals surface area contributed by atoms with Gasteiger partial charge in [0.1, 0.15) is 0 Å². The van der Waals surface area contributed by atoms with Crippen LogP contribution in [0.4, 0.5) is 0 Å². The van der Waals surface area contributed by atoms with Crippen LogP contribution in [0.3, 0.4) is 0 Å². The summed E-state index contributed by atoms with van der Waals surface area (Å²) in [6, 6.07) is 0. The molecule has 0 N–H and O–H groups in total. The molecule has 16 nitrogen and oxygen atoms in total. The molecule has 0 aromatic carbocycles. The van der Waals surface area contributed by atoms with Crippen LogP contribution < -0.4 is 0 Å². The molecule has 2 spiro atoms. The highest BCUT2D eigenvalue weighted by molar-refractivity contribution is 5.76. The van der Waals surface area contributed by atoms with Crippen LogP contribution in [0.25, 0.3) is 0 Å².